The second kappa shape index (κ2) is 7.76. The minimum absolute atomic E-state index is 0.388. The third-order valence-corrected chi connectivity index (χ3v) is 3.65. The van der Waals surface area contributed by atoms with Gasteiger partial charge < -0.3 is 19.8 Å². The predicted octanol–water partition coefficient (Wildman–Crippen LogP) is 3.54. The van der Waals surface area contributed by atoms with Crippen LogP contribution in [0.15, 0.2) is 52.9 Å². The Morgan fingerprint density at radius 3 is 2.72 bits per heavy atom. The van der Waals surface area contributed by atoms with Crippen LogP contribution in [-0.2, 0) is 6.54 Å². The fourth-order valence-electron chi connectivity index (χ4n) is 2.24. The van der Waals surface area contributed by atoms with E-state index >= 15 is 0 Å². The Labute approximate surface area is 151 Å². The summed E-state index contributed by atoms with van der Waals surface area (Å²) in [4.78, 5) is 8.46. The highest BCUT2D eigenvalue weighted by Gasteiger charge is 2.07. The van der Waals surface area contributed by atoms with E-state index in [2.05, 4.69) is 20.6 Å². The Kier molecular flexibility index (Phi) is 5.25. The highest BCUT2D eigenvalue weighted by atomic mass is 32.1. The lowest BCUT2D eigenvalue weighted by Crippen LogP contribution is -2.28. The second-order valence-corrected chi connectivity index (χ2v) is 5.72. The maximum absolute atomic E-state index is 5.82. The molecule has 0 aliphatic carbocycles. The van der Waals surface area contributed by atoms with Gasteiger partial charge in [-0.15, -0.1) is 0 Å². The highest BCUT2D eigenvalue weighted by Crippen LogP contribution is 2.21. The summed E-state index contributed by atoms with van der Waals surface area (Å²) in [5, 5.41) is 6.43. The summed E-state index contributed by atoms with van der Waals surface area (Å²) < 4.78 is 10.9. The van der Waals surface area contributed by atoms with Gasteiger partial charge in [0, 0.05) is 17.3 Å². The second-order valence-electron chi connectivity index (χ2n) is 5.31. The van der Waals surface area contributed by atoms with Crippen molar-refractivity contribution in [2.45, 2.75) is 13.5 Å². The molecular weight excluding hydrogens is 336 g/mol. The van der Waals surface area contributed by atoms with Gasteiger partial charge in [-0.1, -0.05) is 30.3 Å². The molecule has 0 atom stereocenters. The molecule has 0 fully saturated rings. The van der Waals surface area contributed by atoms with E-state index in [1.165, 1.54) is 0 Å². The van der Waals surface area contributed by atoms with E-state index in [-0.39, 0.29) is 0 Å². The van der Waals surface area contributed by atoms with Crippen LogP contribution in [0.5, 0.6) is 5.88 Å². The molecule has 0 spiro atoms. The monoisotopic (exact) mass is 354 g/mol. The molecule has 25 heavy (non-hydrogen) atoms. The molecule has 1 aromatic carbocycles. The average Bonchev–Trinajstić information content (AvgIpc) is 3.09. The van der Waals surface area contributed by atoms with Crippen molar-refractivity contribution >= 4 is 23.3 Å². The van der Waals surface area contributed by atoms with E-state index in [1.54, 1.807) is 13.2 Å². The van der Waals surface area contributed by atoms with Crippen LogP contribution in [-0.4, -0.2) is 22.2 Å². The molecule has 3 aromatic rings. The maximum atomic E-state index is 5.82. The number of aromatic nitrogens is 2. The first-order chi connectivity index (χ1) is 12.1. The van der Waals surface area contributed by atoms with E-state index in [4.69, 9.17) is 21.4 Å². The molecule has 2 heterocycles. The zero-order chi connectivity index (χ0) is 17.6. The number of methoxy groups -OCH3 is 1. The first kappa shape index (κ1) is 16.9. The molecule has 2 aromatic heterocycles. The molecule has 3 rings (SSSR count). The fraction of sp³-hybridized carbons (Fsp3) is 0.167. The van der Waals surface area contributed by atoms with E-state index in [1.807, 2.05) is 49.4 Å². The lowest BCUT2D eigenvalue weighted by atomic mass is 10.2. The van der Waals surface area contributed by atoms with Gasteiger partial charge in [-0.05, 0) is 31.3 Å². The Bertz CT molecular complexity index is 865. The lowest BCUT2D eigenvalue weighted by molar-refractivity contribution is 0.397. The third-order valence-electron chi connectivity index (χ3n) is 3.41. The number of furan rings is 1. The predicted molar refractivity (Wildman–Crippen MR) is 101 cm³/mol. The van der Waals surface area contributed by atoms with Crippen molar-refractivity contribution in [1.82, 2.24) is 15.3 Å². The maximum Gasteiger partial charge on any atom is 0.232 e. The number of nitrogens with zero attached hydrogens (tertiary/aromatic N) is 2. The molecule has 0 unspecified atom stereocenters. The lowest BCUT2D eigenvalue weighted by Gasteiger charge is -2.09. The summed E-state index contributed by atoms with van der Waals surface area (Å²) in [5.74, 6) is 2.48. The van der Waals surface area contributed by atoms with Crippen molar-refractivity contribution in [3.63, 3.8) is 0 Å². The van der Waals surface area contributed by atoms with Crippen LogP contribution >= 0.6 is 12.2 Å². The topological polar surface area (TPSA) is 72.2 Å². The summed E-state index contributed by atoms with van der Waals surface area (Å²) in [5.41, 5.74) is 1.82. The van der Waals surface area contributed by atoms with Crippen LogP contribution in [0.1, 0.15) is 11.5 Å². The van der Waals surface area contributed by atoms with E-state index < -0.39 is 0 Å². The molecule has 0 radical (unpaired) electrons. The van der Waals surface area contributed by atoms with Gasteiger partial charge in [0.15, 0.2) is 5.11 Å². The van der Waals surface area contributed by atoms with Crippen molar-refractivity contribution in [2.24, 2.45) is 0 Å². The number of nitrogens with one attached hydrogen (secondary N) is 2. The highest BCUT2D eigenvalue weighted by molar-refractivity contribution is 7.80. The standard InChI is InChI=1S/C18H18N4O2S/c1-12-10-16(23-2)21-17(20-12)22-18(25)19-11-14-8-9-15(24-14)13-6-4-3-5-7-13/h3-10H,11H2,1-2H3,(H2,19,20,21,22,25). The first-order valence-corrected chi connectivity index (χ1v) is 8.13. The summed E-state index contributed by atoms with van der Waals surface area (Å²) in [6, 6.07) is 15.5. The quantitative estimate of drug-likeness (QED) is 0.679. The van der Waals surface area contributed by atoms with Crippen LogP contribution in [0.25, 0.3) is 11.3 Å². The molecule has 2 N–H and O–H groups in total. The molecule has 0 amide bonds. The van der Waals surface area contributed by atoms with Crippen LogP contribution in [0.2, 0.25) is 0 Å². The molecule has 7 heteroatoms. The molecule has 0 saturated carbocycles. The molecule has 6 nitrogen and oxygen atoms in total. The summed E-state index contributed by atoms with van der Waals surface area (Å²) >= 11 is 5.27. The fourth-order valence-corrected chi connectivity index (χ4v) is 2.41. The molecule has 0 aliphatic heterocycles. The van der Waals surface area contributed by atoms with E-state index in [0.717, 1.165) is 22.8 Å². The number of benzene rings is 1. The van der Waals surface area contributed by atoms with Crippen LogP contribution in [0.3, 0.4) is 0 Å². The Morgan fingerprint density at radius 1 is 1.16 bits per heavy atom. The van der Waals surface area contributed by atoms with Crippen LogP contribution in [0, 0.1) is 6.92 Å². The van der Waals surface area contributed by atoms with E-state index in [0.29, 0.717) is 23.5 Å². The number of thiocarbonyl (C=S) groups is 1. The van der Waals surface area contributed by atoms with Crippen molar-refractivity contribution in [3.05, 3.63) is 60.0 Å². The Balaban J connectivity index is 1.58. The normalized spacial score (nSPS) is 10.3. The van der Waals surface area contributed by atoms with Gasteiger partial charge in [0.1, 0.15) is 11.5 Å². The van der Waals surface area contributed by atoms with Gasteiger partial charge in [0.05, 0.1) is 13.7 Å². The summed E-state index contributed by atoms with van der Waals surface area (Å²) in [6.07, 6.45) is 0. The van der Waals surface area contributed by atoms with Crippen molar-refractivity contribution in [3.8, 4) is 17.2 Å². The van der Waals surface area contributed by atoms with Gasteiger partial charge in [-0.2, -0.15) is 4.98 Å². The number of hydrogen-bond acceptors (Lipinski definition) is 5. The first-order valence-electron chi connectivity index (χ1n) is 7.72. The molecule has 128 valence electrons. The molecule has 0 aliphatic rings. The zero-order valence-electron chi connectivity index (χ0n) is 13.9. The number of rotatable bonds is 5. The van der Waals surface area contributed by atoms with Crippen LogP contribution in [0.4, 0.5) is 5.95 Å². The average molecular weight is 354 g/mol. The molecular formula is C18H18N4O2S. The van der Waals surface area contributed by atoms with Gasteiger partial charge in [0.25, 0.3) is 0 Å². The van der Waals surface area contributed by atoms with Gasteiger partial charge in [0.2, 0.25) is 11.8 Å². The third kappa shape index (κ3) is 4.54. The minimum Gasteiger partial charge on any atom is -0.481 e. The molecule has 0 saturated heterocycles. The van der Waals surface area contributed by atoms with Crippen molar-refractivity contribution in [2.75, 3.05) is 12.4 Å². The Morgan fingerprint density at radius 2 is 1.96 bits per heavy atom. The largest absolute Gasteiger partial charge is 0.481 e. The number of ether oxygens (including phenoxy) is 1. The molecule has 0 bridgehead atoms. The van der Waals surface area contributed by atoms with Crippen molar-refractivity contribution < 1.29 is 9.15 Å². The van der Waals surface area contributed by atoms with E-state index in [9.17, 15) is 0 Å². The number of anilines is 1. The smallest absolute Gasteiger partial charge is 0.232 e. The van der Waals surface area contributed by atoms with Crippen molar-refractivity contribution in [1.29, 1.82) is 0 Å². The number of hydrogen-bond donors (Lipinski definition) is 2. The van der Waals surface area contributed by atoms with Gasteiger partial charge in [-0.25, -0.2) is 4.98 Å². The zero-order valence-corrected chi connectivity index (χ0v) is 14.8. The minimum atomic E-state index is 0.388. The Hall–Kier alpha value is -2.93. The van der Waals surface area contributed by atoms with Crippen LogP contribution < -0.4 is 15.4 Å². The summed E-state index contributed by atoms with van der Waals surface area (Å²) in [7, 11) is 1.56. The SMILES string of the molecule is COc1cc(C)nc(NC(=S)NCc2ccc(-c3ccccc3)o2)n1. The van der Waals surface area contributed by atoms with Gasteiger partial charge in [-0.3, -0.25) is 0 Å². The van der Waals surface area contributed by atoms with Gasteiger partial charge >= 0.3 is 0 Å². The number of aryl methyl sites for hydroxylation is 1. The summed E-state index contributed by atoms with van der Waals surface area (Å²) in [6.45, 7) is 2.32.